The van der Waals surface area contributed by atoms with E-state index >= 15 is 0 Å². The van der Waals surface area contributed by atoms with Crippen LogP contribution in [0.1, 0.15) is 45.4 Å². The summed E-state index contributed by atoms with van der Waals surface area (Å²) in [5.41, 5.74) is -0.492. The largest absolute Gasteiger partial charge is 0.491 e. The van der Waals surface area contributed by atoms with Gasteiger partial charge in [-0.15, -0.1) is 0 Å². The maximum Gasteiger partial charge on any atom is 0.329 e. The number of para-hydroxylation sites is 1. The molecule has 30 heavy (non-hydrogen) atoms. The number of ether oxygens (including phenoxy) is 2. The van der Waals surface area contributed by atoms with E-state index in [2.05, 4.69) is 5.16 Å². The third-order valence-electron chi connectivity index (χ3n) is 5.57. The molecule has 4 N–H and O–H groups in total. The molecule has 1 saturated carbocycles. The van der Waals surface area contributed by atoms with Crippen LogP contribution < -0.4 is 4.74 Å². The van der Waals surface area contributed by atoms with E-state index in [0.29, 0.717) is 50.2 Å². The van der Waals surface area contributed by atoms with E-state index in [0.717, 1.165) is 6.42 Å². The van der Waals surface area contributed by atoms with E-state index in [1.165, 1.54) is 0 Å². The lowest BCUT2D eigenvalue weighted by atomic mass is 9.83. The Bertz CT molecular complexity index is 677. The molecule has 0 bridgehead atoms. The lowest BCUT2D eigenvalue weighted by Crippen LogP contribution is -2.34. The number of carboxylic acids is 1. The van der Waals surface area contributed by atoms with E-state index in [-0.39, 0.29) is 25.0 Å². The van der Waals surface area contributed by atoms with Crippen LogP contribution in [0, 0.1) is 11.8 Å². The summed E-state index contributed by atoms with van der Waals surface area (Å²) in [6, 6.07) is 9.29. The second-order valence-electron chi connectivity index (χ2n) is 8.21. The Labute approximate surface area is 177 Å². The number of carbonyl (C=O) groups is 1. The second-order valence-corrected chi connectivity index (χ2v) is 8.21. The van der Waals surface area contributed by atoms with Crippen LogP contribution in [-0.4, -0.2) is 63.7 Å². The van der Waals surface area contributed by atoms with Crippen LogP contribution in [0.25, 0.3) is 0 Å². The van der Waals surface area contributed by atoms with Crippen molar-refractivity contribution in [3.63, 3.8) is 0 Å². The molecular weight excluding hydrogens is 390 g/mol. The Morgan fingerprint density at radius 3 is 2.63 bits per heavy atom. The van der Waals surface area contributed by atoms with E-state index in [9.17, 15) is 20.2 Å². The number of aliphatic carboxylic acids is 1. The molecule has 0 aliphatic heterocycles. The molecule has 2 rings (SSSR count). The fraction of sp³-hybridized carbons (Fsp3) is 0.636. The van der Waals surface area contributed by atoms with Gasteiger partial charge in [-0.2, -0.15) is 0 Å². The third-order valence-corrected chi connectivity index (χ3v) is 5.57. The number of aliphatic hydroxyl groups is 2. The van der Waals surface area contributed by atoms with Gasteiger partial charge >= 0.3 is 5.97 Å². The number of unbranched alkanes of at least 4 members (excludes halogenated alkanes) is 1. The summed E-state index contributed by atoms with van der Waals surface area (Å²) in [5.74, 6) is -0.489. The molecule has 168 valence electrons. The van der Waals surface area contributed by atoms with Crippen molar-refractivity contribution in [2.45, 2.75) is 57.2 Å². The first-order valence-electron chi connectivity index (χ1n) is 10.4. The summed E-state index contributed by atoms with van der Waals surface area (Å²) in [5, 5.41) is 42.5. The van der Waals surface area contributed by atoms with Crippen molar-refractivity contribution in [1.82, 2.24) is 0 Å². The molecule has 0 heterocycles. The predicted octanol–water partition coefficient (Wildman–Crippen LogP) is 2.70. The average molecular weight is 424 g/mol. The molecule has 1 aliphatic rings. The highest BCUT2D eigenvalue weighted by atomic mass is 16.5. The Hall–Kier alpha value is -2.16. The Kier molecular flexibility index (Phi) is 9.55. The van der Waals surface area contributed by atoms with Crippen molar-refractivity contribution >= 4 is 11.7 Å². The number of oxime groups is 1. The van der Waals surface area contributed by atoms with Crippen molar-refractivity contribution in [3.8, 4) is 5.75 Å². The fourth-order valence-corrected chi connectivity index (χ4v) is 3.96. The SMILES string of the molecule is CC(O)(CC[C@H]1/C(=N\O)C[C@H](O)[C@@H]1CCCCOCC(=O)O)COc1ccccc1. The fourth-order valence-electron chi connectivity index (χ4n) is 3.96. The summed E-state index contributed by atoms with van der Waals surface area (Å²) < 4.78 is 10.7. The quantitative estimate of drug-likeness (QED) is 0.218. The molecule has 1 aromatic carbocycles. The molecule has 0 aromatic heterocycles. The minimum atomic E-state index is -1.06. The molecule has 1 aromatic rings. The van der Waals surface area contributed by atoms with Crippen LogP contribution in [0.3, 0.4) is 0 Å². The Balaban J connectivity index is 1.82. The van der Waals surface area contributed by atoms with Crippen LogP contribution in [-0.2, 0) is 9.53 Å². The van der Waals surface area contributed by atoms with Crippen molar-refractivity contribution in [2.24, 2.45) is 17.0 Å². The van der Waals surface area contributed by atoms with Gasteiger partial charge in [0.15, 0.2) is 0 Å². The van der Waals surface area contributed by atoms with Gasteiger partial charge in [0.05, 0.1) is 17.4 Å². The monoisotopic (exact) mass is 423 g/mol. The molecule has 0 amide bonds. The van der Waals surface area contributed by atoms with Gasteiger partial charge in [-0.3, -0.25) is 0 Å². The molecule has 1 fully saturated rings. The number of nitrogens with zero attached hydrogens (tertiary/aromatic N) is 1. The Morgan fingerprint density at radius 2 is 1.97 bits per heavy atom. The zero-order chi connectivity index (χ0) is 22.0. The van der Waals surface area contributed by atoms with Crippen molar-refractivity contribution < 1.29 is 34.8 Å². The maximum atomic E-state index is 10.7. The van der Waals surface area contributed by atoms with Gasteiger partial charge in [0, 0.05) is 18.9 Å². The predicted molar refractivity (Wildman–Crippen MR) is 111 cm³/mol. The maximum absolute atomic E-state index is 10.7. The number of aliphatic hydroxyl groups excluding tert-OH is 1. The third kappa shape index (κ3) is 7.93. The molecule has 0 radical (unpaired) electrons. The molecule has 8 nitrogen and oxygen atoms in total. The van der Waals surface area contributed by atoms with Gasteiger partial charge in [-0.05, 0) is 50.7 Å². The van der Waals surface area contributed by atoms with E-state index < -0.39 is 17.7 Å². The van der Waals surface area contributed by atoms with Gasteiger partial charge in [0.25, 0.3) is 0 Å². The van der Waals surface area contributed by atoms with Crippen LogP contribution in [0.5, 0.6) is 5.75 Å². The lowest BCUT2D eigenvalue weighted by molar-refractivity contribution is -0.142. The molecule has 1 unspecified atom stereocenters. The van der Waals surface area contributed by atoms with Crippen LogP contribution in [0.4, 0.5) is 0 Å². The first kappa shape index (κ1) is 24.1. The zero-order valence-corrected chi connectivity index (χ0v) is 17.4. The van der Waals surface area contributed by atoms with E-state index in [4.69, 9.17) is 14.6 Å². The Morgan fingerprint density at radius 1 is 1.23 bits per heavy atom. The first-order chi connectivity index (χ1) is 14.3. The summed E-state index contributed by atoms with van der Waals surface area (Å²) in [7, 11) is 0. The average Bonchev–Trinajstić information content (AvgIpc) is 3.03. The second kappa shape index (κ2) is 11.9. The van der Waals surface area contributed by atoms with Gasteiger partial charge in [0.1, 0.15) is 19.0 Å². The molecule has 4 atom stereocenters. The molecular formula is C22H33NO7. The highest BCUT2D eigenvalue weighted by molar-refractivity contribution is 5.89. The van der Waals surface area contributed by atoms with Crippen molar-refractivity contribution in [3.05, 3.63) is 30.3 Å². The van der Waals surface area contributed by atoms with Gasteiger partial charge in [-0.25, -0.2) is 4.79 Å². The minimum Gasteiger partial charge on any atom is -0.491 e. The number of rotatable bonds is 13. The molecule has 1 aliphatic carbocycles. The standard InChI is InChI=1S/C22H33NO7/c1-22(27,15-30-16-7-3-2-4-8-16)11-10-17-18(20(24)13-19(17)23-28)9-5-6-12-29-14-21(25)26/h2-4,7-8,17-18,20,24,27-28H,5-6,9-15H2,1H3,(H,25,26)/b23-19-/t17-,18-,20+,22?/m1/s1. The smallest absolute Gasteiger partial charge is 0.329 e. The van der Waals surface area contributed by atoms with Crippen molar-refractivity contribution in [2.75, 3.05) is 19.8 Å². The number of benzene rings is 1. The summed E-state index contributed by atoms with van der Waals surface area (Å²) in [4.78, 5) is 10.5. The number of hydrogen-bond donors (Lipinski definition) is 4. The highest BCUT2D eigenvalue weighted by Gasteiger charge is 2.40. The van der Waals surface area contributed by atoms with Crippen LogP contribution >= 0.6 is 0 Å². The lowest BCUT2D eigenvalue weighted by Gasteiger charge is -2.27. The van der Waals surface area contributed by atoms with Crippen LogP contribution in [0.2, 0.25) is 0 Å². The zero-order valence-electron chi connectivity index (χ0n) is 17.4. The molecule has 8 heteroatoms. The summed E-state index contributed by atoms with van der Waals surface area (Å²) in [6.07, 6.45) is 2.91. The van der Waals surface area contributed by atoms with Gasteiger partial charge in [-0.1, -0.05) is 29.8 Å². The first-order valence-corrected chi connectivity index (χ1v) is 10.4. The number of carboxylic acid groups (broad SMARTS) is 1. The minimum absolute atomic E-state index is 0.0683. The van der Waals surface area contributed by atoms with Crippen molar-refractivity contribution in [1.29, 1.82) is 0 Å². The normalized spacial score (nSPS) is 24.6. The van der Waals surface area contributed by atoms with Crippen LogP contribution in [0.15, 0.2) is 35.5 Å². The summed E-state index contributed by atoms with van der Waals surface area (Å²) in [6.45, 7) is 1.90. The van der Waals surface area contributed by atoms with E-state index in [1.54, 1.807) is 6.92 Å². The van der Waals surface area contributed by atoms with E-state index in [1.807, 2.05) is 30.3 Å². The van der Waals surface area contributed by atoms with Gasteiger partial charge in [0.2, 0.25) is 0 Å². The molecule has 0 saturated heterocycles. The highest BCUT2D eigenvalue weighted by Crippen LogP contribution is 2.38. The summed E-state index contributed by atoms with van der Waals surface area (Å²) >= 11 is 0. The molecule has 0 spiro atoms. The van der Waals surface area contributed by atoms with Gasteiger partial charge < -0.3 is 30.0 Å². The number of hydrogen-bond acceptors (Lipinski definition) is 7. The topological polar surface area (TPSA) is 129 Å².